The van der Waals surface area contributed by atoms with Crippen molar-refractivity contribution in [1.82, 2.24) is 5.43 Å². The van der Waals surface area contributed by atoms with E-state index in [-0.39, 0.29) is 18.0 Å². The van der Waals surface area contributed by atoms with Gasteiger partial charge in [-0.1, -0.05) is 0 Å². The molecule has 0 aromatic rings. The number of rotatable bonds is 1. The van der Waals surface area contributed by atoms with Crippen molar-refractivity contribution in [1.29, 1.82) is 0 Å². The van der Waals surface area contributed by atoms with Crippen LogP contribution in [0, 0.1) is 5.92 Å². The number of alkyl halides is 3. The lowest BCUT2D eigenvalue weighted by atomic mass is 9.87. The van der Waals surface area contributed by atoms with Crippen LogP contribution in [-0.4, -0.2) is 17.0 Å². The molecule has 1 fully saturated rings. The third-order valence-electron chi connectivity index (χ3n) is 2.29. The van der Waals surface area contributed by atoms with Crippen LogP contribution in [0.25, 0.3) is 0 Å². The predicted molar refractivity (Wildman–Crippen MR) is 55.4 cm³/mol. The molecule has 0 bridgehead atoms. The summed E-state index contributed by atoms with van der Waals surface area (Å²) in [6, 6.07) is 0. The Bertz CT molecular complexity index is 275. The highest BCUT2D eigenvalue weighted by atomic mass is 32.1. The van der Waals surface area contributed by atoms with Crippen LogP contribution in [0.3, 0.4) is 0 Å². The number of hydrogen-bond acceptors (Lipinski definition) is 2. The molecule has 1 saturated carbocycles. The van der Waals surface area contributed by atoms with Gasteiger partial charge in [0, 0.05) is 5.71 Å². The zero-order valence-electron chi connectivity index (χ0n) is 7.97. The molecule has 1 rings (SSSR count). The van der Waals surface area contributed by atoms with Crippen molar-refractivity contribution in [3.05, 3.63) is 0 Å². The van der Waals surface area contributed by atoms with E-state index in [9.17, 15) is 13.2 Å². The summed E-state index contributed by atoms with van der Waals surface area (Å²) in [6.07, 6.45) is -2.94. The minimum Gasteiger partial charge on any atom is -0.375 e. The van der Waals surface area contributed by atoms with Crippen LogP contribution in [0.1, 0.15) is 25.7 Å². The molecule has 1 aliphatic carbocycles. The zero-order chi connectivity index (χ0) is 11.5. The second-order valence-corrected chi connectivity index (χ2v) is 3.93. The highest BCUT2D eigenvalue weighted by Gasteiger charge is 2.41. The van der Waals surface area contributed by atoms with Gasteiger partial charge in [0.15, 0.2) is 5.11 Å². The number of nitrogens with one attached hydrogen (secondary N) is 1. The molecule has 1 atom stereocenters. The standard InChI is InChI=1S/C8H12F3N3S/c9-8(10,11)5-2-1-3-6(4-5)13-14-7(12)15/h5H,1-4H2,(H3,12,14,15)/b13-6+. The van der Waals surface area contributed by atoms with E-state index >= 15 is 0 Å². The molecular weight excluding hydrogens is 227 g/mol. The van der Waals surface area contributed by atoms with Gasteiger partial charge in [0.2, 0.25) is 0 Å². The fourth-order valence-electron chi connectivity index (χ4n) is 1.56. The number of thiocarbonyl (C=S) groups is 1. The number of nitrogens with two attached hydrogens (primary N) is 1. The summed E-state index contributed by atoms with van der Waals surface area (Å²) >= 11 is 4.50. The molecule has 0 aromatic carbocycles. The molecule has 15 heavy (non-hydrogen) atoms. The lowest BCUT2D eigenvalue weighted by Crippen LogP contribution is -2.31. The molecule has 1 aliphatic rings. The van der Waals surface area contributed by atoms with Crippen LogP contribution in [0.2, 0.25) is 0 Å². The molecule has 0 saturated heterocycles. The van der Waals surface area contributed by atoms with Gasteiger partial charge in [0.05, 0.1) is 5.92 Å². The molecule has 0 radical (unpaired) electrons. The second kappa shape index (κ2) is 4.78. The van der Waals surface area contributed by atoms with Crippen LogP contribution in [0.4, 0.5) is 13.2 Å². The van der Waals surface area contributed by atoms with E-state index < -0.39 is 12.1 Å². The first-order valence-corrected chi connectivity index (χ1v) is 4.98. The summed E-state index contributed by atoms with van der Waals surface area (Å²) in [6.45, 7) is 0. The number of nitrogens with zero attached hydrogens (tertiary/aromatic N) is 1. The van der Waals surface area contributed by atoms with E-state index in [2.05, 4.69) is 22.7 Å². The van der Waals surface area contributed by atoms with Gasteiger partial charge >= 0.3 is 6.18 Å². The SMILES string of the molecule is NC(=S)N/N=C1\CCCC(C(F)(F)F)C1. The van der Waals surface area contributed by atoms with Crippen molar-refractivity contribution in [3.63, 3.8) is 0 Å². The van der Waals surface area contributed by atoms with Crippen molar-refractivity contribution >= 4 is 23.0 Å². The fourth-order valence-corrected chi connectivity index (χ4v) is 1.60. The van der Waals surface area contributed by atoms with E-state index in [4.69, 9.17) is 5.73 Å². The summed E-state index contributed by atoms with van der Waals surface area (Å²) in [4.78, 5) is 0. The molecule has 0 aromatic heterocycles. The first-order chi connectivity index (χ1) is 6.89. The molecule has 3 N–H and O–H groups in total. The minimum absolute atomic E-state index is 0.0309. The molecule has 86 valence electrons. The van der Waals surface area contributed by atoms with Crippen LogP contribution in [0.5, 0.6) is 0 Å². The third kappa shape index (κ3) is 4.03. The topological polar surface area (TPSA) is 50.4 Å². The Hall–Kier alpha value is -0.850. The van der Waals surface area contributed by atoms with Crippen LogP contribution >= 0.6 is 12.2 Å². The third-order valence-corrected chi connectivity index (χ3v) is 2.38. The lowest BCUT2D eigenvalue weighted by Gasteiger charge is -2.25. The normalized spacial score (nSPS) is 25.3. The molecule has 0 heterocycles. The molecule has 0 spiro atoms. The maximum absolute atomic E-state index is 12.4. The van der Waals surface area contributed by atoms with E-state index in [1.807, 2.05) is 0 Å². The van der Waals surface area contributed by atoms with Gasteiger partial charge in [0.1, 0.15) is 0 Å². The summed E-state index contributed by atoms with van der Waals surface area (Å²) in [5, 5.41) is 3.72. The predicted octanol–water partition coefficient (Wildman–Crippen LogP) is 1.93. The summed E-state index contributed by atoms with van der Waals surface area (Å²) in [7, 11) is 0. The molecule has 7 heteroatoms. The summed E-state index contributed by atoms with van der Waals surface area (Å²) < 4.78 is 37.2. The van der Waals surface area contributed by atoms with E-state index in [0.717, 1.165) is 0 Å². The van der Waals surface area contributed by atoms with Crippen molar-refractivity contribution in [2.75, 3.05) is 0 Å². The smallest absolute Gasteiger partial charge is 0.375 e. The van der Waals surface area contributed by atoms with Crippen molar-refractivity contribution in [2.45, 2.75) is 31.9 Å². The van der Waals surface area contributed by atoms with Crippen LogP contribution in [0.15, 0.2) is 5.10 Å². The molecule has 1 unspecified atom stereocenters. The van der Waals surface area contributed by atoms with Gasteiger partial charge in [-0.05, 0) is 37.9 Å². The Balaban J connectivity index is 2.56. The maximum Gasteiger partial charge on any atom is 0.392 e. The minimum atomic E-state index is -4.13. The van der Waals surface area contributed by atoms with Crippen molar-refractivity contribution in [2.24, 2.45) is 16.8 Å². The Kier molecular flexibility index (Phi) is 3.90. The first-order valence-electron chi connectivity index (χ1n) is 4.57. The van der Waals surface area contributed by atoms with Gasteiger partial charge in [0.25, 0.3) is 0 Å². The average Bonchev–Trinajstić information content (AvgIpc) is 2.14. The van der Waals surface area contributed by atoms with Gasteiger partial charge in [-0.2, -0.15) is 18.3 Å². The fraction of sp³-hybridized carbons (Fsp3) is 0.750. The second-order valence-electron chi connectivity index (χ2n) is 3.49. The summed E-state index contributed by atoms with van der Waals surface area (Å²) in [5.41, 5.74) is 7.92. The highest BCUT2D eigenvalue weighted by molar-refractivity contribution is 7.80. The van der Waals surface area contributed by atoms with Crippen LogP contribution < -0.4 is 11.2 Å². The first kappa shape index (κ1) is 12.2. The highest BCUT2D eigenvalue weighted by Crippen LogP contribution is 2.36. The van der Waals surface area contributed by atoms with E-state index in [1.54, 1.807) is 0 Å². The average molecular weight is 239 g/mol. The van der Waals surface area contributed by atoms with Gasteiger partial charge < -0.3 is 5.73 Å². The molecule has 0 aliphatic heterocycles. The zero-order valence-corrected chi connectivity index (χ0v) is 8.79. The Morgan fingerprint density at radius 3 is 2.73 bits per heavy atom. The lowest BCUT2D eigenvalue weighted by molar-refractivity contribution is -0.175. The summed E-state index contributed by atoms with van der Waals surface area (Å²) in [5.74, 6) is -1.28. The van der Waals surface area contributed by atoms with Gasteiger partial charge in [-0.15, -0.1) is 0 Å². The van der Waals surface area contributed by atoms with Crippen LogP contribution in [-0.2, 0) is 0 Å². The monoisotopic (exact) mass is 239 g/mol. The quantitative estimate of drug-likeness (QED) is 0.543. The number of hydrogen-bond donors (Lipinski definition) is 2. The molecule has 3 nitrogen and oxygen atoms in total. The molecule has 0 amide bonds. The number of hydrazone groups is 1. The van der Waals surface area contributed by atoms with Gasteiger partial charge in [-0.3, -0.25) is 5.43 Å². The Morgan fingerprint density at radius 1 is 1.53 bits per heavy atom. The molecular formula is C8H12F3N3S. The van der Waals surface area contributed by atoms with E-state index in [0.29, 0.717) is 18.6 Å². The van der Waals surface area contributed by atoms with E-state index in [1.165, 1.54) is 0 Å². The Labute approximate surface area is 90.9 Å². The Morgan fingerprint density at radius 2 is 2.20 bits per heavy atom. The van der Waals surface area contributed by atoms with Gasteiger partial charge in [-0.25, -0.2) is 0 Å². The van der Waals surface area contributed by atoms with Crippen molar-refractivity contribution in [3.8, 4) is 0 Å². The maximum atomic E-state index is 12.4. The van der Waals surface area contributed by atoms with Crippen molar-refractivity contribution < 1.29 is 13.2 Å². The number of halogens is 3. The largest absolute Gasteiger partial charge is 0.392 e.